The molecule has 2 nitrogen and oxygen atoms in total. The predicted molar refractivity (Wildman–Crippen MR) is 64.4 cm³/mol. The normalized spacial score (nSPS) is 10.2. The highest BCUT2D eigenvalue weighted by molar-refractivity contribution is 7.12. The van der Waals surface area contributed by atoms with Crippen LogP contribution in [0, 0.1) is 0 Å². The lowest BCUT2D eigenvalue weighted by Gasteiger charge is -2.14. The number of hydrogen-bond donors (Lipinski definition) is 0. The Hall–Kier alpha value is -1.13. The molecule has 0 unspecified atom stereocenters. The quantitative estimate of drug-likeness (QED) is 0.803. The van der Waals surface area contributed by atoms with E-state index in [1.807, 2.05) is 42.1 Å². The largest absolute Gasteiger partial charge is 0.336 e. The fraction of sp³-hybridized carbons (Fsp3) is 0.182. The van der Waals surface area contributed by atoms with Crippen LogP contribution in [0.25, 0.3) is 0 Å². The third-order valence-electron chi connectivity index (χ3n) is 2.05. The molecule has 0 fully saturated rings. The molecule has 0 bridgehead atoms. The van der Waals surface area contributed by atoms with Gasteiger partial charge >= 0.3 is 0 Å². The third-order valence-corrected chi connectivity index (χ3v) is 3.77. The zero-order valence-electron chi connectivity index (χ0n) is 8.34. The molecule has 0 radical (unpaired) electrons. The molecule has 2 aromatic rings. The Kier molecular flexibility index (Phi) is 3.18. The second-order valence-electron chi connectivity index (χ2n) is 3.22. The maximum absolute atomic E-state index is 11.9. The van der Waals surface area contributed by atoms with Gasteiger partial charge in [-0.1, -0.05) is 12.1 Å². The Balaban J connectivity index is 2.03. The van der Waals surface area contributed by atoms with Crippen LogP contribution in [0.2, 0.25) is 0 Å². The number of carbonyl (C=O) groups excluding carboxylic acids is 1. The van der Waals surface area contributed by atoms with E-state index in [-0.39, 0.29) is 5.91 Å². The molecule has 4 heteroatoms. The molecule has 15 heavy (non-hydrogen) atoms. The van der Waals surface area contributed by atoms with Crippen LogP contribution >= 0.6 is 22.7 Å². The zero-order valence-corrected chi connectivity index (χ0v) is 9.98. The van der Waals surface area contributed by atoms with E-state index in [0.29, 0.717) is 6.54 Å². The summed E-state index contributed by atoms with van der Waals surface area (Å²) in [6.45, 7) is 0.689. The Bertz CT molecular complexity index is 419. The smallest absolute Gasteiger partial charge is 0.263 e. The average Bonchev–Trinajstić information content (AvgIpc) is 2.88. The summed E-state index contributed by atoms with van der Waals surface area (Å²) in [7, 11) is 1.84. The highest BCUT2D eigenvalue weighted by atomic mass is 32.1. The molecular weight excluding hydrogens is 226 g/mol. The average molecular weight is 237 g/mol. The van der Waals surface area contributed by atoms with Gasteiger partial charge in [0.15, 0.2) is 0 Å². The summed E-state index contributed by atoms with van der Waals surface area (Å²) < 4.78 is 0. The Labute approximate surface area is 96.8 Å². The van der Waals surface area contributed by atoms with Gasteiger partial charge in [-0.25, -0.2) is 0 Å². The van der Waals surface area contributed by atoms with E-state index in [1.54, 1.807) is 16.2 Å². The van der Waals surface area contributed by atoms with E-state index < -0.39 is 0 Å². The van der Waals surface area contributed by atoms with Crippen LogP contribution in [0.4, 0.5) is 0 Å². The molecule has 0 aromatic carbocycles. The van der Waals surface area contributed by atoms with Crippen molar-refractivity contribution in [1.29, 1.82) is 0 Å². The summed E-state index contributed by atoms with van der Waals surface area (Å²) in [4.78, 5) is 15.6. The molecular formula is C11H11NOS2. The minimum atomic E-state index is 0.0957. The van der Waals surface area contributed by atoms with E-state index in [2.05, 4.69) is 0 Å². The molecule has 0 aliphatic carbocycles. The molecule has 0 aliphatic rings. The fourth-order valence-electron chi connectivity index (χ4n) is 1.30. The van der Waals surface area contributed by atoms with Crippen molar-refractivity contribution in [2.45, 2.75) is 6.54 Å². The lowest BCUT2D eigenvalue weighted by molar-refractivity contribution is 0.0791. The molecule has 0 N–H and O–H groups in total. The number of hydrogen-bond acceptors (Lipinski definition) is 3. The molecule has 0 atom stereocenters. The highest BCUT2D eigenvalue weighted by Crippen LogP contribution is 2.15. The van der Waals surface area contributed by atoms with Crippen molar-refractivity contribution >= 4 is 28.6 Å². The Morgan fingerprint density at radius 3 is 2.60 bits per heavy atom. The fourth-order valence-corrected chi connectivity index (χ4v) is 2.77. The highest BCUT2D eigenvalue weighted by Gasteiger charge is 2.12. The van der Waals surface area contributed by atoms with Gasteiger partial charge in [0.2, 0.25) is 0 Å². The van der Waals surface area contributed by atoms with E-state index in [1.165, 1.54) is 16.2 Å². The van der Waals surface area contributed by atoms with Gasteiger partial charge in [0, 0.05) is 11.9 Å². The van der Waals surface area contributed by atoms with Crippen LogP contribution in [-0.2, 0) is 6.54 Å². The first kappa shape index (κ1) is 10.4. The number of thiophene rings is 2. The summed E-state index contributed by atoms with van der Waals surface area (Å²) in [6, 6.07) is 7.81. The molecule has 0 saturated heterocycles. The monoisotopic (exact) mass is 237 g/mol. The first-order valence-corrected chi connectivity index (χ1v) is 6.34. The first-order valence-electron chi connectivity index (χ1n) is 4.59. The Morgan fingerprint density at radius 1 is 1.27 bits per heavy atom. The molecule has 1 amide bonds. The number of carbonyl (C=O) groups is 1. The minimum Gasteiger partial charge on any atom is -0.336 e. The minimum absolute atomic E-state index is 0.0957. The molecule has 2 aromatic heterocycles. The van der Waals surface area contributed by atoms with Crippen LogP contribution in [0.3, 0.4) is 0 Å². The number of rotatable bonds is 3. The van der Waals surface area contributed by atoms with Gasteiger partial charge in [-0.15, -0.1) is 22.7 Å². The molecule has 0 aliphatic heterocycles. The summed E-state index contributed by atoms with van der Waals surface area (Å²) in [5, 5.41) is 3.95. The van der Waals surface area contributed by atoms with Gasteiger partial charge < -0.3 is 4.90 Å². The van der Waals surface area contributed by atoms with Crippen LogP contribution < -0.4 is 0 Å². The summed E-state index contributed by atoms with van der Waals surface area (Å²) in [6.07, 6.45) is 0. The summed E-state index contributed by atoms with van der Waals surface area (Å²) in [5.74, 6) is 0.0957. The molecule has 0 saturated carbocycles. The Morgan fingerprint density at radius 2 is 2.00 bits per heavy atom. The van der Waals surface area contributed by atoms with Crippen LogP contribution in [0.1, 0.15) is 14.5 Å². The van der Waals surface area contributed by atoms with Gasteiger partial charge in [-0.3, -0.25) is 4.79 Å². The SMILES string of the molecule is CN(Cc1cccs1)C(=O)c1cccs1. The summed E-state index contributed by atoms with van der Waals surface area (Å²) in [5.41, 5.74) is 0. The molecule has 2 rings (SSSR count). The van der Waals surface area contributed by atoms with Gasteiger partial charge in [0.05, 0.1) is 11.4 Å². The van der Waals surface area contributed by atoms with Gasteiger partial charge in [-0.05, 0) is 22.9 Å². The zero-order chi connectivity index (χ0) is 10.7. The van der Waals surface area contributed by atoms with Crippen molar-refractivity contribution in [2.75, 3.05) is 7.05 Å². The maximum Gasteiger partial charge on any atom is 0.263 e. The van der Waals surface area contributed by atoms with Gasteiger partial charge in [-0.2, -0.15) is 0 Å². The molecule has 0 spiro atoms. The second kappa shape index (κ2) is 4.59. The number of nitrogens with zero attached hydrogens (tertiary/aromatic N) is 1. The van der Waals surface area contributed by atoms with Crippen molar-refractivity contribution in [3.8, 4) is 0 Å². The molecule has 78 valence electrons. The van der Waals surface area contributed by atoms with Gasteiger partial charge in [0.25, 0.3) is 5.91 Å². The van der Waals surface area contributed by atoms with E-state index >= 15 is 0 Å². The van der Waals surface area contributed by atoms with E-state index in [4.69, 9.17) is 0 Å². The maximum atomic E-state index is 11.9. The lowest BCUT2D eigenvalue weighted by atomic mass is 10.4. The van der Waals surface area contributed by atoms with E-state index in [9.17, 15) is 4.79 Å². The van der Waals surface area contributed by atoms with Gasteiger partial charge in [0.1, 0.15) is 0 Å². The number of amides is 1. The standard InChI is InChI=1S/C11H11NOS2/c1-12(8-9-4-2-6-14-9)11(13)10-5-3-7-15-10/h2-7H,8H2,1H3. The van der Waals surface area contributed by atoms with Crippen molar-refractivity contribution in [3.05, 3.63) is 44.8 Å². The summed E-state index contributed by atoms with van der Waals surface area (Å²) >= 11 is 3.16. The first-order chi connectivity index (χ1) is 7.27. The topological polar surface area (TPSA) is 20.3 Å². The third kappa shape index (κ3) is 2.46. The van der Waals surface area contributed by atoms with Crippen LogP contribution in [-0.4, -0.2) is 17.9 Å². The van der Waals surface area contributed by atoms with Crippen molar-refractivity contribution in [1.82, 2.24) is 4.90 Å². The lowest BCUT2D eigenvalue weighted by Crippen LogP contribution is -2.24. The van der Waals surface area contributed by atoms with E-state index in [0.717, 1.165) is 4.88 Å². The van der Waals surface area contributed by atoms with Crippen molar-refractivity contribution < 1.29 is 4.79 Å². The molecule has 2 heterocycles. The van der Waals surface area contributed by atoms with Crippen LogP contribution in [0.15, 0.2) is 35.0 Å². The second-order valence-corrected chi connectivity index (χ2v) is 5.20. The van der Waals surface area contributed by atoms with Crippen LogP contribution in [0.5, 0.6) is 0 Å². The predicted octanol–water partition coefficient (Wildman–Crippen LogP) is 3.08. The van der Waals surface area contributed by atoms with Crippen molar-refractivity contribution in [2.24, 2.45) is 0 Å². The van der Waals surface area contributed by atoms with Crippen molar-refractivity contribution in [3.63, 3.8) is 0 Å².